The summed E-state index contributed by atoms with van der Waals surface area (Å²) in [6.07, 6.45) is 2.66. The number of nitrogens with one attached hydrogen (secondary N) is 1. The third kappa shape index (κ3) is 3.72. The van der Waals surface area contributed by atoms with Crippen molar-refractivity contribution in [2.45, 2.75) is 38.3 Å². The molecule has 1 N–H and O–H groups in total. The molecule has 98 valence electrons. The van der Waals surface area contributed by atoms with Crippen molar-refractivity contribution in [3.63, 3.8) is 0 Å². The normalized spacial score (nSPS) is 20.7. The highest BCUT2D eigenvalue weighted by atomic mass is 35.5. The predicted octanol–water partition coefficient (Wildman–Crippen LogP) is 2.57. The average Bonchev–Trinajstić information content (AvgIpc) is 2.85. The Labute approximate surface area is 112 Å². The number of benzene rings is 1. The summed E-state index contributed by atoms with van der Waals surface area (Å²) in [4.78, 5) is 11.9. The topological polar surface area (TPSA) is 38.3 Å². The van der Waals surface area contributed by atoms with Crippen molar-refractivity contribution in [3.8, 4) is 0 Å². The summed E-state index contributed by atoms with van der Waals surface area (Å²) in [6.45, 7) is 2.80. The maximum Gasteiger partial charge on any atom is 0.224 e. The molecule has 1 fully saturated rings. The molecule has 1 aromatic carbocycles. The van der Waals surface area contributed by atoms with Crippen molar-refractivity contribution >= 4 is 17.5 Å². The molecule has 2 rings (SSSR count). The molecule has 0 radical (unpaired) electrons. The Morgan fingerprint density at radius 2 is 2.22 bits per heavy atom. The van der Waals surface area contributed by atoms with Crippen LogP contribution >= 0.6 is 11.6 Å². The lowest BCUT2D eigenvalue weighted by Crippen LogP contribution is -2.41. The first-order valence-corrected chi connectivity index (χ1v) is 6.68. The van der Waals surface area contributed by atoms with Gasteiger partial charge in [0.05, 0.1) is 18.6 Å². The minimum absolute atomic E-state index is 0.0281. The van der Waals surface area contributed by atoms with E-state index in [-0.39, 0.29) is 18.1 Å². The Morgan fingerprint density at radius 3 is 2.83 bits per heavy atom. The predicted molar refractivity (Wildman–Crippen MR) is 71.7 cm³/mol. The van der Waals surface area contributed by atoms with E-state index in [0.29, 0.717) is 11.4 Å². The second-order valence-corrected chi connectivity index (χ2v) is 5.15. The van der Waals surface area contributed by atoms with Crippen LogP contribution in [0.25, 0.3) is 0 Å². The van der Waals surface area contributed by atoms with Crippen LogP contribution in [-0.4, -0.2) is 24.7 Å². The van der Waals surface area contributed by atoms with E-state index in [9.17, 15) is 4.79 Å². The quantitative estimate of drug-likeness (QED) is 0.911. The highest BCUT2D eigenvalue weighted by Crippen LogP contribution is 2.15. The van der Waals surface area contributed by atoms with Gasteiger partial charge in [-0.15, -0.1) is 0 Å². The van der Waals surface area contributed by atoms with Crippen molar-refractivity contribution < 1.29 is 9.53 Å². The van der Waals surface area contributed by atoms with Gasteiger partial charge < -0.3 is 10.1 Å². The largest absolute Gasteiger partial charge is 0.376 e. The Hall–Kier alpha value is -1.06. The van der Waals surface area contributed by atoms with Gasteiger partial charge in [-0.05, 0) is 37.5 Å². The molecule has 0 aliphatic carbocycles. The molecule has 4 heteroatoms. The van der Waals surface area contributed by atoms with Gasteiger partial charge in [-0.1, -0.05) is 23.7 Å². The van der Waals surface area contributed by atoms with E-state index < -0.39 is 0 Å². The first-order valence-electron chi connectivity index (χ1n) is 6.30. The molecule has 3 nitrogen and oxygen atoms in total. The van der Waals surface area contributed by atoms with Crippen molar-refractivity contribution in [3.05, 3.63) is 34.9 Å². The smallest absolute Gasteiger partial charge is 0.224 e. The van der Waals surface area contributed by atoms with Crippen LogP contribution < -0.4 is 5.32 Å². The van der Waals surface area contributed by atoms with Crippen molar-refractivity contribution in [2.24, 2.45) is 0 Å². The minimum Gasteiger partial charge on any atom is -0.376 e. The molecule has 1 amide bonds. The zero-order valence-electron chi connectivity index (χ0n) is 10.5. The van der Waals surface area contributed by atoms with Crippen molar-refractivity contribution in [2.75, 3.05) is 6.61 Å². The van der Waals surface area contributed by atoms with Gasteiger partial charge in [-0.2, -0.15) is 0 Å². The van der Waals surface area contributed by atoms with E-state index in [1.807, 2.05) is 19.1 Å². The molecule has 1 aliphatic heterocycles. The fraction of sp³-hybridized carbons (Fsp3) is 0.500. The van der Waals surface area contributed by atoms with Gasteiger partial charge in [0.15, 0.2) is 0 Å². The van der Waals surface area contributed by atoms with E-state index in [4.69, 9.17) is 16.3 Å². The Balaban J connectivity index is 1.82. The number of halogens is 1. The summed E-state index contributed by atoms with van der Waals surface area (Å²) in [5, 5.41) is 3.67. The zero-order chi connectivity index (χ0) is 13.0. The molecule has 1 aliphatic rings. The number of amides is 1. The highest BCUT2D eigenvalue weighted by molar-refractivity contribution is 6.30. The van der Waals surface area contributed by atoms with Crippen LogP contribution in [0.5, 0.6) is 0 Å². The van der Waals surface area contributed by atoms with Crippen LogP contribution in [0.1, 0.15) is 25.3 Å². The van der Waals surface area contributed by atoms with Gasteiger partial charge in [-0.25, -0.2) is 0 Å². The Bertz CT molecular complexity index is 399. The Morgan fingerprint density at radius 1 is 1.50 bits per heavy atom. The van der Waals surface area contributed by atoms with Gasteiger partial charge in [-0.3, -0.25) is 4.79 Å². The molecule has 0 aromatic heterocycles. The Kier molecular flexibility index (Phi) is 4.61. The van der Waals surface area contributed by atoms with Crippen LogP contribution in [0, 0.1) is 0 Å². The highest BCUT2D eigenvalue weighted by Gasteiger charge is 2.23. The van der Waals surface area contributed by atoms with Gasteiger partial charge in [0.2, 0.25) is 5.91 Å². The third-order valence-corrected chi connectivity index (χ3v) is 3.44. The van der Waals surface area contributed by atoms with E-state index >= 15 is 0 Å². The minimum atomic E-state index is 0.0281. The van der Waals surface area contributed by atoms with Gasteiger partial charge in [0, 0.05) is 11.6 Å². The number of rotatable bonds is 4. The lowest BCUT2D eigenvalue weighted by Gasteiger charge is -2.19. The average molecular weight is 268 g/mol. The fourth-order valence-electron chi connectivity index (χ4n) is 2.18. The third-order valence-electron chi connectivity index (χ3n) is 3.19. The molecule has 0 spiro atoms. The lowest BCUT2D eigenvalue weighted by atomic mass is 10.1. The van der Waals surface area contributed by atoms with Gasteiger partial charge >= 0.3 is 0 Å². The number of carbonyl (C=O) groups is 1. The van der Waals surface area contributed by atoms with E-state index in [1.54, 1.807) is 12.1 Å². The molecule has 1 heterocycles. The van der Waals surface area contributed by atoms with E-state index in [0.717, 1.165) is 25.0 Å². The molecular weight excluding hydrogens is 250 g/mol. The molecule has 1 saturated heterocycles. The van der Waals surface area contributed by atoms with Crippen molar-refractivity contribution in [1.29, 1.82) is 0 Å². The molecule has 0 bridgehead atoms. The van der Waals surface area contributed by atoms with Gasteiger partial charge in [0.1, 0.15) is 0 Å². The maximum atomic E-state index is 11.9. The molecular formula is C14H18ClNO2. The number of hydrogen-bond acceptors (Lipinski definition) is 2. The standard InChI is InChI=1S/C14H18ClNO2/c1-10(13-3-2-8-18-13)16-14(17)9-11-4-6-12(15)7-5-11/h4-7,10,13H,2-3,8-9H2,1H3,(H,16,17). The van der Waals surface area contributed by atoms with Crippen LogP contribution in [0.15, 0.2) is 24.3 Å². The van der Waals surface area contributed by atoms with E-state index in [2.05, 4.69) is 5.32 Å². The molecule has 18 heavy (non-hydrogen) atoms. The van der Waals surface area contributed by atoms with Crippen molar-refractivity contribution in [1.82, 2.24) is 5.32 Å². The summed E-state index contributed by atoms with van der Waals surface area (Å²) < 4.78 is 5.55. The summed E-state index contributed by atoms with van der Waals surface area (Å²) >= 11 is 5.80. The lowest BCUT2D eigenvalue weighted by molar-refractivity contribution is -0.121. The number of carbonyl (C=O) groups excluding carboxylic acids is 1. The van der Waals surface area contributed by atoms with Gasteiger partial charge in [0.25, 0.3) is 0 Å². The first-order chi connectivity index (χ1) is 8.65. The number of ether oxygens (including phenoxy) is 1. The molecule has 0 saturated carbocycles. The molecule has 1 aromatic rings. The van der Waals surface area contributed by atoms with Crippen LogP contribution in [-0.2, 0) is 16.0 Å². The molecule has 2 atom stereocenters. The number of hydrogen-bond donors (Lipinski definition) is 1. The second-order valence-electron chi connectivity index (χ2n) is 4.71. The SMILES string of the molecule is CC(NC(=O)Cc1ccc(Cl)cc1)C1CCCO1. The van der Waals surface area contributed by atoms with Crippen LogP contribution in [0.2, 0.25) is 5.02 Å². The summed E-state index contributed by atoms with van der Waals surface area (Å²) in [5.74, 6) is 0.0281. The monoisotopic (exact) mass is 267 g/mol. The zero-order valence-corrected chi connectivity index (χ0v) is 11.2. The summed E-state index contributed by atoms with van der Waals surface area (Å²) in [5.41, 5.74) is 0.969. The van der Waals surface area contributed by atoms with Crippen LogP contribution in [0.4, 0.5) is 0 Å². The fourth-order valence-corrected chi connectivity index (χ4v) is 2.31. The maximum absolute atomic E-state index is 11.9. The molecule has 2 unspecified atom stereocenters. The van der Waals surface area contributed by atoms with Crippen LogP contribution in [0.3, 0.4) is 0 Å². The van der Waals surface area contributed by atoms with E-state index in [1.165, 1.54) is 0 Å². The first kappa shape index (κ1) is 13.4. The summed E-state index contributed by atoms with van der Waals surface area (Å²) in [6, 6.07) is 7.42. The second kappa shape index (κ2) is 6.21. The summed E-state index contributed by atoms with van der Waals surface area (Å²) in [7, 11) is 0.